The van der Waals surface area contributed by atoms with Gasteiger partial charge in [-0.25, -0.2) is 12.4 Å². The molecule has 1 saturated heterocycles. The van der Waals surface area contributed by atoms with Crippen molar-refractivity contribution < 1.29 is 17.9 Å². The predicted octanol–water partition coefficient (Wildman–Crippen LogP) is 3.63. The van der Waals surface area contributed by atoms with Gasteiger partial charge in [-0.1, -0.05) is 29.8 Å². The lowest BCUT2D eigenvalue weighted by Crippen LogP contribution is -2.36. The average molecular weight is 557 g/mol. The van der Waals surface area contributed by atoms with Gasteiger partial charge in [0.25, 0.3) is 10.0 Å². The van der Waals surface area contributed by atoms with Crippen molar-refractivity contribution in [2.24, 2.45) is 0 Å². The standard InChI is InChI=1S/C29H28N6O4S/c1-20-4-8-24(9-5-20)40(37,38)35-26-16-21(25-10-11-28(32-31-25)34-12-14-39-15-13-34)6-7-22(26)17-27(35)29(36)23(18-30)19-33(2)3/h4-11,16-17,19H,12-15H2,1-3H3/b23-19+. The Hall–Kier alpha value is -4.53. The van der Waals surface area contributed by atoms with E-state index in [1.165, 1.54) is 24.4 Å². The van der Waals surface area contributed by atoms with E-state index in [2.05, 4.69) is 15.1 Å². The van der Waals surface area contributed by atoms with Gasteiger partial charge in [-0.05, 0) is 43.3 Å². The number of fused-ring (bicyclic) bond motifs is 1. The number of aryl methyl sites for hydroxylation is 1. The van der Waals surface area contributed by atoms with E-state index in [1.54, 1.807) is 49.3 Å². The van der Waals surface area contributed by atoms with Crippen LogP contribution in [0.2, 0.25) is 0 Å². The molecule has 1 aliphatic rings. The van der Waals surface area contributed by atoms with Gasteiger partial charge in [0.15, 0.2) is 5.82 Å². The summed E-state index contributed by atoms with van der Waals surface area (Å²) in [5, 5.41) is 19.0. The highest BCUT2D eigenvalue weighted by atomic mass is 32.2. The molecule has 0 atom stereocenters. The molecule has 1 aliphatic heterocycles. The summed E-state index contributed by atoms with van der Waals surface area (Å²) >= 11 is 0. The number of nitrogens with zero attached hydrogens (tertiary/aromatic N) is 6. The van der Waals surface area contributed by atoms with E-state index in [0.29, 0.717) is 35.4 Å². The number of allylic oxidation sites excluding steroid dienone is 1. The van der Waals surface area contributed by atoms with E-state index >= 15 is 0 Å². The first kappa shape index (κ1) is 27.1. The van der Waals surface area contributed by atoms with Crippen molar-refractivity contribution in [3.8, 4) is 17.3 Å². The van der Waals surface area contributed by atoms with Crippen molar-refractivity contribution in [1.82, 2.24) is 19.1 Å². The van der Waals surface area contributed by atoms with Crippen molar-refractivity contribution in [2.45, 2.75) is 11.8 Å². The minimum Gasteiger partial charge on any atom is -0.382 e. The molecule has 2 aromatic heterocycles. The maximum absolute atomic E-state index is 14.0. The van der Waals surface area contributed by atoms with Crippen molar-refractivity contribution >= 4 is 32.5 Å². The van der Waals surface area contributed by atoms with Crippen LogP contribution in [0.1, 0.15) is 16.1 Å². The molecule has 5 rings (SSSR count). The number of ketones is 1. The molecular weight excluding hydrogens is 528 g/mol. The highest BCUT2D eigenvalue weighted by molar-refractivity contribution is 7.90. The Morgan fingerprint density at radius 1 is 1.02 bits per heavy atom. The van der Waals surface area contributed by atoms with Gasteiger partial charge in [0.05, 0.1) is 29.3 Å². The zero-order valence-corrected chi connectivity index (χ0v) is 23.2. The van der Waals surface area contributed by atoms with Crippen LogP contribution in [-0.2, 0) is 14.8 Å². The summed E-state index contributed by atoms with van der Waals surface area (Å²) in [5.74, 6) is 0.0438. The minimum absolute atomic E-state index is 0.0276. The molecule has 4 aromatic rings. The van der Waals surface area contributed by atoms with Crippen LogP contribution in [0.5, 0.6) is 0 Å². The lowest BCUT2D eigenvalue weighted by molar-refractivity contribution is 0.103. The summed E-state index contributed by atoms with van der Waals surface area (Å²) in [7, 11) is -0.851. The summed E-state index contributed by atoms with van der Waals surface area (Å²) in [4.78, 5) is 17.2. The van der Waals surface area contributed by atoms with Crippen molar-refractivity contribution in [3.05, 3.63) is 83.7 Å². The minimum atomic E-state index is -4.21. The monoisotopic (exact) mass is 556 g/mol. The van der Waals surface area contributed by atoms with Crippen LogP contribution >= 0.6 is 0 Å². The Balaban J connectivity index is 1.66. The summed E-state index contributed by atoms with van der Waals surface area (Å²) in [6.45, 7) is 4.58. The molecule has 11 heteroatoms. The maximum Gasteiger partial charge on any atom is 0.268 e. The lowest BCUT2D eigenvalue weighted by Gasteiger charge is -2.27. The second-order valence-corrected chi connectivity index (χ2v) is 11.5. The molecule has 0 aliphatic carbocycles. The van der Waals surface area contributed by atoms with E-state index in [-0.39, 0.29) is 16.2 Å². The summed E-state index contributed by atoms with van der Waals surface area (Å²) < 4.78 is 34.4. The van der Waals surface area contributed by atoms with Crippen LogP contribution in [0.4, 0.5) is 5.82 Å². The van der Waals surface area contributed by atoms with Gasteiger partial charge in [-0.2, -0.15) is 5.26 Å². The second kappa shape index (κ2) is 10.9. The van der Waals surface area contributed by atoms with Gasteiger partial charge >= 0.3 is 0 Å². The van der Waals surface area contributed by atoms with E-state index in [4.69, 9.17) is 4.74 Å². The molecule has 204 valence electrons. The molecule has 0 bridgehead atoms. The van der Waals surface area contributed by atoms with Crippen LogP contribution in [0, 0.1) is 18.3 Å². The predicted molar refractivity (Wildman–Crippen MR) is 151 cm³/mol. The maximum atomic E-state index is 14.0. The zero-order chi connectivity index (χ0) is 28.4. The Bertz CT molecular complexity index is 1750. The molecule has 3 heterocycles. The van der Waals surface area contributed by atoms with Gasteiger partial charge in [-0.3, -0.25) is 4.79 Å². The van der Waals surface area contributed by atoms with Gasteiger partial charge in [0, 0.05) is 44.3 Å². The van der Waals surface area contributed by atoms with Crippen LogP contribution in [0.25, 0.3) is 22.2 Å². The number of carbonyl (C=O) groups excluding carboxylic acids is 1. The molecule has 1 fully saturated rings. The first-order valence-corrected chi connectivity index (χ1v) is 14.1. The Kier molecular flexibility index (Phi) is 7.38. The Morgan fingerprint density at radius 3 is 2.38 bits per heavy atom. The number of aromatic nitrogens is 3. The number of Topliss-reactive ketones (excluding diaryl/α,β-unsaturated/α-hetero) is 1. The molecule has 0 unspecified atom stereocenters. The highest BCUT2D eigenvalue weighted by Gasteiger charge is 2.28. The Labute approximate surface area is 232 Å². The fourth-order valence-corrected chi connectivity index (χ4v) is 6.05. The third-order valence-electron chi connectivity index (χ3n) is 6.59. The van der Waals surface area contributed by atoms with Gasteiger partial charge < -0.3 is 14.5 Å². The molecule has 0 amide bonds. The number of ether oxygens (including phenoxy) is 1. The van der Waals surface area contributed by atoms with Crippen LogP contribution in [-0.4, -0.2) is 73.7 Å². The first-order chi connectivity index (χ1) is 19.2. The first-order valence-electron chi connectivity index (χ1n) is 12.7. The number of hydrogen-bond acceptors (Lipinski definition) is 9. The van der Waals surface area contributed by atoms with E-state index < -0.39 is 15.8 Å². The molecule has 2 aromatic carbocycles. The van der Waals surface area contributed by atoms with E-state index in [0.717, 1.165) is 28.4 Å². The topological polar surface area (TPSA) is 121 Å². The van der Waals surface area contributed by atoms with Gasteiger partial charge in [0.1, 0.15) is 17.3 Å². The average Bonchev–Trinajstić information content (AvgIpc) is 3.36. The normalized spacial score (nSPS) is 14.2. The molecule has 10 nitrogen and oxygen atoms in total. The number of anilines is 1. The highest BCUT2D eigenvalue weighted by Crippen LogP contribution is 2.31. The number of hydrogen-bond donors (Lipinski definition) is 0. The number of benzene rings is 2. The number of carbonyl (C=O) groups is 1. The zero-order valence-electron chi connectivity index (χ0n) is 22.4. The van der Waals surface area contributed by atoms with Crippen molar-refractivity contribution in [1.29, 1.82) is 5.26 Å². The Morgan fingerprint density at radius 2 is 1.75 bits per heavy atom. The largest absolute Gasteiger partial charge is 0.382 e. The fourth-order valence-electron chi connectivity index (χ4n) is 4.54. The molecule has 40 heavy (non-hydrogen) atoms. The molecule has 0 saturated carbocycles. The van der Waals surface area contributed by atoms with Crippen molar-refractivity contribution in [2.75, 3.05) is 45.3 Å². The lowest BCUT2D eigenvalue weighted by atomic mass is 10.1. The second-order valence-electron chi connectivity index (χ2n) is 9.71. The SMILES string of the molecule is Cc1ccc(S(=O)(=O)n2c(C(=O)/C(C#N)=C/N(C)C)cc3ccc(-c4ccc(N5CCOCC5)nn4)cc32)cc1. The van der Waals surface area contributed by atoms with Gasteiger partial charge in [0.2, 0.25) is 5.78 Å². The summed E-state index contributed by atoms with van der Waals surface area (Å²) in [5.41, 5.74) is 2.07. The van der Waals surface area contributed by atoms with Crippen LogP contribution in [0.15, 0.2) is 77.3 Å². The third kappa shape index (κ3) is 5.19. The van der Waals surface area contributed by atoms with E-state index in [1.807, 2.05) is 25.1 Å². The molecule has 0 N–H and O–H groups in total. The van der Waals surface area contributed by atoms with E-state index in [9.17, 15) is 18.5 Å². The number of rotatable bonds is 7. The quantitative estimate of drug-likeness (QED) is 0.191. The summed E-state index contributed by atoms with van der Waals surface area (Å²) in [6, 6.07) is 18.7. The molecular formula is C29H28N6O4S. The van der Waals surface area contributed by atoms with Gasteiger partial charge in [-0.15, -0.1) is 10.2 Å². The fraction of sp³-hybridized carbons (Fsp3) is 0.241. The molecule has 0 radical (unpaired) electrons. The van der Waals surface area contributed by atoms with Crippen LogP contribution < -0.4 is 4.90 Å². The number of nitriles is 1. The summed E-state index contributed by atoms with van der Waals surface area (Å²) in [6.07, 6.45) is 1.37. The van der Waals surface area contributed by atoms with Crippen molar-refractivity contribution in [3.63, 3.8) is 0 Å². The van der Waals surface area contributed by atoms with Crippen LogP contribution in [0.3, 0.4) is 0 Å². The number of morpholine rings is 1. The third-order valence-corrected chi connectivity index (χ3v) is 8.33. The molecule has 0 spiro atoms. The smallest absolute Gasteiger partial charge is 0.268 e.